The monoisotopic (exact) mass is 409 g/mol. The van der Waals surface area contributed by atoms with Crippen molar-refractivity contribution in [3.05, 3.63) is 99.6 Å². The number of carbonyl (C=O) groups excluding carboxylic acids is 3. The first-order chi connectivity index (χ1) is 14.9. The van der Waals surface area contributed by atoms with Crippen LogP contribution < -0.4 is 4.90 Å². The number of anilines is 1. The van der Waals surface area contributed by atoms with Gasteiger partial charge in [0.05, 0.1) is 5.69 Å². The van der Waals surface area contributed by atoms with Gasteiger partial charge in [0.15, 0.2) is 11.6 Å². The Morgan fingerprint density at radius 3 is 2.19 bits per heavy atom. The molecule has 0 aromatic heterocycles. The fourth-order valence-corrected chi connectivity index (χ4v) is 5.05. The predicted octanol–water partition coefficient (Wildman–Crippen LogP) is 5.31. The number of ketones is 2. The molecule has 1 heterocycles. The highest BCUT2D eigenvalue weighted by molar-refractivity contribution is 6.29. The molecular weight excluding hydrogens is 386 g/mol. The minimum absolute atomic E-state index is 0.0326. The van der Waals surface area contributed by atoms with Gasteiger partial charge in [-0.25, -0.2) is 0 Å². The molecule has 31 heavy (non-hydrogen) atoms. The number of benzene rings is 3. The Morgan fingerprint density at radius 1 is 0.839 bits per heavy atom. The van der Waals surface area contributed by atoms with Gasteiger partial charge in [0, 0.05) is 33.9 Å². The summed E-state index contributed by atoms with van der Waals surface area (Å²) in [5, 5.41) is 0. The lowest BCUT2D eigenvalue weighted by atomic mass is 9.82. The maximum absolute atomic E-state index is 13.7. The molecule has 0 spiro atoms. The third-order valence-electron chi connectivity index (χ3n) is 6.57. The predicted molar refractivity (Wildman–Crippen MR) is 120 cm³/mol. The van der Waals surface area contributed by atoms with E-state index in [1.54, 1.807) is 42.5 Å². The number of hydrogen-bond acceptors (Lipinski definition) is 3. The molecule has 1 aliphatic heterocycles. The fourth-order valence-electron chi connectivity index (χ4n) is 5.05. The molecule has 0 N–H and O–H groups in total. The van der Waals surface area contributed by atoms with E-state index in [9.17, 15) is 14.4 Å². The summed E-state index contributed by atoms with van der Waals surface area (Å²) in [7, 11) is 0. The van der Waals surface area contributed by atoms with Crippen molar-refractivity contribution in [3.8, 4) is 0 Å². The van der Waals surface area contributed by atoms with Crippen molar-refractivity contribution in [1.29, 1.82) is 0 Å². The van der Waals surface area contributed by atoms with E-state index in [4.69, 9.17) is 0 Å². The average molecular weight is 409 g/mol. The Hall–Kier alpha value is -3.53. The highest BCUT2D eigenvalue weighted by Gasteiger charge is 2.35. The van der Waals surface area contributed by atoms with Gasteiger partial charge in [-0.1, -0.05) is 49.4 Å². The molecule has 5 rings (SSSR count). The molecule has 0 saturated heterocycles. The zero-order valence-electron chi connectivity index (χ0n) is 17.8. The maximum Gasteiger partial charge on any atom is 0.258 e. The van der Waals surface area contributed by atoms with E-state index in [-0.39, 0.29) is 23.5 Å². The van der Waals surface area contributed by atoms with Crippen LogP contribution in [0.1, 0.15) is 79.5 Å². The van der Waals surface area contributed by atoms with Crippen molar-refractivity contribution in [2.24, 2.45) is 0 Å². The summed E-state index contributed by atoms with van der Waals surface area (Å²) in [5.74, 6) is -0.160. The van der Waals surface area contributed by atoms with Crippen LogP contribution >= 0.6 is 0 Å². The Bertz CT molecular complexity index is 1270. The van der Waals surface area contributed by atoms with Gasteiger partial charge in [-0.2, -0.15) is 0 Å². The summed E-state index contributed by atoms with van der Waals surface area (Å²) >= 11 is 0. The number of rotatable bonds is 1. The normalized spacial score (nSPS) is 19.5. The summed E-state index contributed by atoms with van der Waals surface area (Å²) in [4.78, 5) is 41.5. The van der Waals surface area contributed by atoms with Crippen molar-refractivity contribution in [1.82, 2.24) is 0 Å². The van der Waals surface area contributed by atoms with Crippen LogP contribution in [0.25, 0.3) is 0 Å². The quantitative estimate of drug-likeness (QED) is 0.428. The van der Waals surface area contributed by atoms with Crippen molar-refractivity contribution < 1.29 is 14.4 Å². The number of aryl methyl sites for hydroxylation is 1. The van der Waals surface area contributed by atoms with E-state index in [0.29, 0.717) is 33.7 Å². The van der Waals surface area contributed by atoms with Crippen LogP contribution in [0.4, 0.5) is 5.69 Å². The van der Waals surface area contributed by atoms with Crippen LogP contribution in [-0.2, 0) is 0 Å². The number of carbonyl (C=O) groups is 3. The number of amides is 1. The molecule has 3 aromatic rings. The molecular formula is C27H23NO3. The van der Waals surface area contributed by atoms with Crippen LogP contribution in [0.2, 0.25) is 0 Å². The smallest absolute Gasteiger partial charge is 0.258 e. The van der Waals surface area contributed by atoms with E-state index >= 15 is 0 Å². The number of hydrogen-bond donors (Lipinski definition) is 0. The molecule has 2 atom stereocenters. The molecule has 1 aliphatic carbocycles. The Labute approximate surface area is 181 Å². The second-order valence-corrected chi connectivity index (χ2v) is 8.64. The highest BCUT2D eigenvalue weighted by Crippen LogP contribution is 2.41. The molecule has 0 bridgehead atoms. The molecule has 4 heteroatoms. The first-order valence-electron chi connectivity index (χ1n) is 10.6. The number of para-hydroxylation sites is 1. The van der Waals surface area contributed by atoms with Crippen LogP contribution in [0.5, 0.6) is 0 Å². The zero-order valence-corrected chi connectivity index (χ0v) is 17.8. The fraction of sp³-hybridized carbons (Fsp3) is 0.222. The van der Waals surface area contributed by atoms with E-state index in [0.717, 1.165) is 17.7 Å². The Balaban J connectivity index is 1.60. The third kappa shape index (κ3) is 2.86. The van der Waals surface area contributed by atoms with E-state index < -0.39 is 0 Å². The maximum atomic E-state index is 13.7. The first-order valence-corrected chi connectivity index (χ1v) is 10.6. The van der Waals surface area contributed by atoms with E-state index in [1.807, 2.05) is 24.0 Å². The van der Waals surface area contributed by atoms with Crippen LogP contribution in [-0.4, -0.2) is 23.5 Å². The second-order valence-electron chi connectivity index (χ2n) is 8.64. The molecule has 1 amide bonds. The lowest BCUT2D eigenvalue weighted by Crippen LogP contribution is -2.43. The summed E-state index contributed by atoms with van der Waals surface area (Å²) < 4.78 is 0. The molecule has 0 unspecified atom stereocenters. The van der Waals surface area contributed by atoms with Gasteiger partial charge in [0.25, 0.3) is 5.91 Å². The van der Waals surface area contributed by atoms with Gasteiger partial charge in [-0.05, 0) is 55.5 Å². The van der Waals surface area contributed by atoms with Crippen molar-refractivity contribution in [2.75, 3.05) is 4.90 Å². The summed E-state index contributed by atoms with van der Waals surface area (Å²) in [6.45, 7) is 6.28. The van der Waals surface area contributed by atoms with Crippen molar-refractivity contribution in [2.45, 2.75) is 39.2 Å². The summed E-state index contributed by atoms with van der Waals surface area (Å²) in [6.07, 6.45) is 0.873. The minimum Gasteiger partial charge on any atom is -0.305 e. The molecule has 0 radical (unpaired) electrons. The molecule has 0 saturated carbocycles. The zero-order chi connectivity index (χ0) is 21.9. The van der Waals surface area contributed by atoms with Gasteiger partial charge < -0.3 is 4.90 Å². The van der Waals surface area contributed by atoms with Crippen LogP contribution in [0, 0.1) is 6.92 Å². The van der Waals surface area contributed by atoms with Gasteiger partial charge >= 0.3 is 0 Å². The molecule has 2 aliphatic rings. The number of nitrogens with zero attached hydrogens (tertiary/aromatic N) is 1. The SMILES string of the molecule is Cc1cccc2c1N(C(=O)c1ccc3c(c1)C(=O)c1ccccc1C3=O)[C@@H](C)C[C@H]2C. The largest absolute Gasteiger partial charge is 0.305 e. The molecule has 4 nitrogen and oxygen atoms in total. The van der Waals surface area contributed by atoms with Crippen molar-refractivity contribution >= 4 is 23.2 Å². The molecule has 0 fully saturated rings. The van der Waals surface area contributed by atoms with E-state index in [1.165, 1.54) is 5.56 Å². The van der Waals surface area contributed by atoms with Gasteiger partial charge in [-0.15, -0.1) is 0 Å². The summed E-state index contributed by atoms with van der Waals surface area (Å²) in [5.41, 5.74) is 5.09. The minimum atomic E-state index is -0.211. The number of fused-ring (bicyclic) bond motifs is 3. The highest BCUT2D eigenvalue weighted by atomic mass is 16.2. The van der Waals surface area contributed by atoms with Gasteiger partial charge in [-0.3, -0.25) is 14.4 Å². The Kier molecular flexibility index (Phi) is 4.40. The summed E-state index contributed by atoms with van der Waals surface area (Å²) in [6, 6.07) is 17.9. The van der Waals surface area contributed by atoms with Gasteiger partial charge in [0.2, 0.25) is 0 Å². The lowest BCUT2D eigenvalue weighted by Gasteiger charge is -2.39. The van der Waals surface area contributed by atoms with Crippen LogP contribution in [0.15, 0.2) is 60.7 Å². The van der Waals surface area contributed by atoms with Gasteiger partial charge in [0.1, 0.15) is 0 Å². The molecule has 3 aromatic carbocycles. The topological polar surface area (TPSA) is 54.5 Å². The Morgan fingerprint density at radius 2 is 1.48 bits per heavy atom. The molecule has 154 valence electrons. The second kappa shape index (κ2) is 7.02. The van der Waals surface area contributed by atoms with Crippen LogP contribution in [0.3, 0.4) is 0 Å². The third-order valence-corrected chi connectivity index (χ3v) is 6.57. The first kappa shape index (κ1) is 19.4. The average Bonchev–Trinajstić information content (AvgIpc) is 2.77. The van der Waals surface area contributed by atoms with E-state index in [2.05, 4.69) is 19.9 Å². The standard InChI is InChI=1S/C27H23NO3/c1-15-7-6-10-19-16(2)13-17(3)28(24(15)19)27(31)18-11-12-22-23(14-18)26(30)21-9-5-4-8-20(21)25(22)29/h4-12,14,16-17H,13H2,1-3H3/t16-,17+/m1/s1. The lowest BCUT2D eigenvalue weighted by molar-refractivity contribution is 0.0968. The van der Waals surface area contributed by atoms with Crippen molar-refractivity contribution in [3.63, 3.8) is 0 Å².